The summed E-state index contributed by atoms with van der Waals surface area (Å²) in [5, 5.41) is 4.28. The lowest BCUT2D eigenvalue weighted by molar-refractivity contribution is 0.654. The minimum Gasteiger partial charge on any atom is -0.312 e. The summed E-state index contributed by atoms with van der Waals surface area (Å²) < 4.78 is 0. The second-order valence-electron chi connectivity index (χ2n) is 7.09. The standard InChI is InChI=1S/C24H32ClNS/c1-6-9-19(23-15-20-12-13-26-16-24(20)27-23)10-11-21(18(5)8-3)22(25)14-17(4)7-2/h7,9-11,14-15,18,26H,2,6,8,12-13,16H2,1,3-5H3/b11-10-,17-14+,19-9+,22-21+. The van der Waals surface area contributed by atoms with Gasteiger partial charge in [-0.3, -0.25) is 0 Å². The van der Waals surface area contributed by atoms with Crippen LogP contribution in [0.15, 0.2) is 59.2 Å². The molecule has 0 fully saturated rings. The average Bonchev–Trinajstić information content (AvgIpc) is 3.10. The van der Waals surface area contributed by atoms with Crippen LogP contribution in [0.2, 0.25) is 0 Å². The van der Waals surface area contributed by atoms with Gasteiger partial charge in [-0.2, -0.15) is 0 Å². The van der Waals surface area contributed by atoms with Gasteiger partial charge in [0.2, 0.25) is 0 Å². The molecule has 1 atom stereocenters. The van der Waals surface area contributed by atoms with Crippen molar-refractivity contribution in [2.45, 2.75) is 53.5 Å². The monoisotopic (exact) mass is 401 g/mol. The molecule has 0 bridgehead atoms. The third-order valence-electron chi connectivity index (χ3n) is 5.00. The maximum atomic E-state index is 6.66. The SMILES string of the molecule is C=C/C(C)=C/C(Cl)=C(/C=C\C(=C/CC)c1cc2c(s1)CNCC2)C(C)CC. The first-order valence-corrected chi connectivity index (χ1v) is 11.1. The molecule has 1 aliphatic heterocycles. The van der Waals surface area contributed by atoms with Crippen LogP contribution in [0.25, 0.3) is 5.57 Å². The fourth-order valence-electron chi connectivity index (χ4n) is 3.09. The zero-order chi connectivity index (χ0) is 19.8. The highest BCUT2D eigenvalue weighted by Gasteiger charge is 2.14. The predicted octanol–water partition coefficient (Wildman–Crippen LogP) is 7.41. The Hall–Kier alpha value is -1.35. The van der Waals surface area contributed by atoms with Crippen molar-refractivity contribution in [3.8, 4) is 0 Å². The van der Waals surface area contributed by atoms with Crippen LogP contribution >= 0.6 is 22.9 Å². The van der Waals surface area contributed by atoms with E-state index in [2.05, 4.69) is 57.0 Å². The minimum atomic E-state index is 0.409. The first-order valence-electron chi connectivity index (χ1n) is 9.91. The van der Waals surface area contributed by atoms with Crippen molar-refractivity contribution < 1.29 is 0 Å². The van der Waals surface area contributed by atoms with Gasteiger partial charge in [0, 0.05) is 21.3 Å². The second kappa shape index (κ2) is 10.8. The number of nitrogens with one attached hydrogen (secondary N) is 1. The summed E-state index contributed by atoms with van der Waals surface area (Å²) in [7, 11) is 0. The third-order valence-corrected chi connectivity index (χ3v) is 6.55. The number of allylic oxidation sites excluding steroid dienone is 9. The van der Waals surface area contributed by atoms with Gasteiger partial charge in [0.25, 0.3) is 0 Å². The topological polar surface area (TPSA) is 12.0 Å². The van der Waals surface area contributed by atoms with Crippen LogP contribution < -0.4 is 5.32 Å². The van der Waals surface area contributed by atoms with Gasteiger partial charge < -0.3 is 5.32 Å². The summed E-state index contributed by atoms with van der Waals surface area (Å²) in [4.78, 5) is 2.84. The Morgan fingerprint density at radius 3 is 2.78 bits per heavy atom. The number of fused-ring (bicyclic) bond motifs is 1. The van der Waals surface area contributed by atoms with Gasteiger partial charge in [0.05, 0.1) is 0 Å². The molecule has 2 rings (SSSR count). The molecule has 1 aliphatic rings. The Labute approximate surface area is 174 Å². The van der Waals surface area contributed by atoms with Crippen LogP contribution in [0.5, 0.6) is 0 Å². The van der Waals surface area contributed by atoms with Crippen molar-refractivity contribution in [2.75, 3.05) is 6.54 Å². The molecule has 1 N–H and O–H groups in total. The van der Waals surface area contributed by atoms with Gasteiger partial charge in [-0.15, -0.1) is 11.3 Å². The van der Waals surface area contributed by atoms with Crippen LogP contribution in [0.4, 0.5) is 0 Å². The fraction of sp³-hybridized carbons (Fsp3) is 0.417. The quantitative estimate of drug-likeness (QED) is 0.447. The van der Waals surface area contributed by atoms with Crippen molar-refractivity contribution in [1.82, 2.24) is 5.32 Å². The summed E-state index contributed by atoms with van der Waals surface area (Å²) in [6, 6.07) is 2.38. The van der Waals surface area contributed by atoms with Gasteiger partial charge in [-0.05, 0) is 67.5 Å². The molecule has 0 saturated carbocycles. The molecule has 1 aromatic heterocycles. The molecule has 146 valence electrons. The summed E-state index contributed by atoms with van der Waals surface area (Å²) >= 11 is 8.58. The molecular formula is C24H32ClNS. The molecule has 2 heterocycles. The third kappa shape index (κ3) is 6.07. The lowest BCUT2D eigenvalue weighted by Crippen LogP contribution is -2.21. The average molecular weight is 402 g/mol. The summed E-state index contributed by atoms with van der Waals surface area (Å²) in [6.07, 6.45) is 13.8. The van der Waals surface area contributed by atoms with Crippen LogP contribution in [0.1, 0.15) is 55.9 Å². The van der Waals surface area contributed by atoms with Crippen molar-refractivity contribution in [3.63, 3.8) is 0 Å². The van der Waals surface area contributed by atoms with E-state index >= 15 is 0 Å². The molecule has 1 aromatic rings. The molecule has 0 radical (unpaired) electrons. The number of rotatable bonds is 8. The van der Waals surface area contributed by atoms with Crippen LogP contribution in [-0.2, 0) is 13.0 Å². The highest BCUT2D eigenvalue weighted by atomic mass is 35.5. The Morgan fingerprint density at radius 2 is 2.15 bits per heavy atom. The van der Waals surface area contributed by atoms with E-state index in [9.17, 15) is 0 Å². The van der Waals surface area contributed by atoms with E-state index in [4.69, 9.17) is 11.6 Å². The van der Waals surface area contributed by atoms with Gasteiger partial charge >= 0.3 is 0 Å². The maximum absolute atomic E-state index is 6.66. The predicted molar refractivity (Wildman–Crippen MR) is 123 cm³/mol. The van der Waals surface area contributed by atoms with Crippen LogP contribution in [0.3, 0.4) is 0 Å². The van der Waals surface area contributed by atoms with E-state index in [1.54, 1.807) is 0 Å². The van der Waals surface area contributed by atoms with E-state index < -0.39 is 0 Å². The number of thiophene rings is 1. The van der Waals surface area contributed by atoms with Crippen molar-refractivity contribution in [2.24, 2.45) is 5.92 Å². The fourth-order valence-corrected chi connectivity index (χ4v) is 4.71. The number of halogens is 1. The first-order chi connectivity index (χ1) is 13.0. The summed E-state index contributed by atoms with van der Waals surface area (Å²) in [6.45, 7) is 14.6. The Balaban J connectivity index is 2.38. The Bertz CT molecular complexity index is 753. The maximum Gasteiger partial charge on any atom is 0.0443 e. The van der Waals surface area contributed by atoms with Gasteiger partial charge in [0.15, 0.2) is 0 Å². The largest absolute Gasteiger partial charge is 0.312 e. The van der Waals surface area contributed by atoms with E-state index in [0.29, 0.717) is 5.92 Å². The lowest BCUT2D eigenvalue weighted by atomic mass is 9.96. The Morgan fingerprint density at radius 1 is 1.37 bits per heavy atom. The van der Waals surface area contributed by atoms with Crippen molar-refractivity contribution in [1.29, 1.82) is 0 Å². The van der Waals surface area contributed by atoms with E-state index in [0.717, 1.165) is 43.0 Å². The summed E-state index contributed by atoms with van der Waals surface area (Å²) in [5.41, 5.74) is 5.07. The smallest absolute Gasteiger partial charge is 0.0443 e. The zero-order valence-electron chi connectivity index (χ0n) is 17.1. The molecule has 0 amide bonds. The van der Waals surface area contributed by atoms with E-state index in [-0.39, 0.29) is 0 Å². The van der Waals surface area contributed by atoms with E-state index in [1.807, 2.05) is 30.4 Å². The molecule has 3 heteroatoms. The highest BCUT2D eigenvalue weighted by Crippen LogP contribution is 2.32. The molecule has 1 nitrogen and oxygen atoms in total. The molecule has 27 heavy (non-hydrogen) atoms. The van der Waals surface area contributed by atoms with Gasteiger partial charge in [0.1, 0.15) is 0 Å². The number of hydrogen-bond acceptors (Lipinski definition) is 2. The van der Waals surface area contributed by atoms with Crippen molar-refractivity contribution >= 4 is 28.5 Å². The van der Waals surface area contributed by atoms with Gasteiger partial charge in [-0.1, -0.05) is 68.8 Å². The normalized spacial score (nSPS) is 17.7. The zero-order valence-corrected chi connectivity index (χ0v) is 18.6. The molecule has 0 saturated heterocycles. The molecular weight excluding hydrogens is 370 g/mol. The molecule has 0 spiro atoms. The van der Waals surface area contributed by atoms with E-state index in [1.165, 1.54) is 26.5 Å². The molecule has 0 aliphatic carbocycles. The Kier molecular flexibility index (Phi) is 8.82. The summed E-state index contributed by atoms with van der Waals surface area (Å²) in [5.74, 6) is 0.409. The van der Waals surface area contributed by atoms with Crippen LogP contribution in [-0.4, -0.2) is 6.54 Å². The highest BCUT2D eigenvalue weighted by molar-refractivity contribution is 7.13. The lowest BCUT2D eigenvalue weighted by Gasteiger charge is -2.12. The number of hydrogen-bond donors (Lipinski definition) is 1. The molecule has 0 aromatic carbocycles. The van der Waals surface area contributed by atoms with Crippen molar-refractivity contribution in [3.05, 3.63) is 74.5 Å². The van der Waals surface area contributed by atoms with Gasteiger partial charge in [-0.25, -0.2) is 0 Å². The molecule has 1 unspecified atom stereocenters. The second-order valence-corrected chi connectivity index (χ2v) is 8.64. The first kappa shape index (κ1) is 21.9. The minimum absolute atomic E-state index is 0.409. The van der Waals surface area contributed by atoms with Crippen LogP contribution in [0, 0.1) is 5.92 Å².